The van der Waals surface area contributed by atoms with E-state index in [1.54, 1.807) is 24.5 Å². The molecule has 0 aliphatic carbocycles. The lowest BCUT2D eigenvalue weighted by atomic mass is 9.89. The number of aromatic hydroxyl groups is 2. The Hall–Kier alpha value is -2.81. The van der Waals surface area contributed by atoms with E-state index in [0.717, 1.165) is 27.8 Å². The Labute approximate surface area is 135 Å². The number of benzene rings is 2. The van der Waals surface area contributed by atoms with Gasteiger partial charge in [0.2, 0.25) is 0 Å². The third-order valence-corrected chi connectivity index (χ3v) is 4.20. The summed E-state index contributed by atoms with van der Waals surface area (Å²) in [6.07, 6.45) is 3.53. The highest BCUT2D eigenvalue weighted by Gasteiger charge is 2.16. The van der Waals surface area contributed by atoms with Crippen LogP contribution in [0, 0.1) is 6.92 Å². The first-order valence-electron chi connectivity index (χ1n) is 7.59. The molecule has 23 heavy (non-hydrogen) atoms. The van der Waals surface area contributed by atoms with Crippen molar-refractivity contribution in [1.29, 1.82) is 0 Å². The zero-order valence-corrected chi connectivity index (χ0v) is 13.2. The number of rotatable bonds is 3. The largest absolute Gasteiger partial charge is 0.508 e. The molecule has 3 nitrogen and oxygen atoms in total. The first kappa shape index (κ1) is 15.1. The topological polar surface area (TPSA) is 53.4 Å². The molecule has 3 rings (SSSR count). The summed E-state index contributed by atoms with van der Waals surface area (Å²) < 4.78 is 0. The fourth-order valence-corrected chi connectivity index (χ4v) is 2.79. The summed E-state index contributed by atoms with van der Waals surface area (Å²) in [4.78, 5) is 4.05. The molecule has 1 unspecified atom stereocenters. The Morgan fingerprint density at radius 3 is 2.17 bits per heavy atom. The fraction of sp³-hybridized carbons (Fsp3) is 0.150. The fourth-order valence-electron chi connectivity index (χ4n) is 2.79. The van der Waals surface area contributed by atoms with Gasteiger partial charge in [0.1, 0.15) is 11.5 Å². The van der Waals surface area contributed by atoms with Crippen molar-refractivity contribution < 1.29 is 10.2 Å². The number of pyridine rings is 1. The molecule has 0 spiro atoms. The minimum absolute atomic E-state index is 0.0637. The number of aromatic nitrogens is 1. The molecule has 0 aliphatic rings. The highest BCUT2D eigenvalue weighted by Crippen LogP contribution is 2.37. The molecule has 0 aliphatic heterocycles. The van der Waals surface area contributed by atoms with Gasteiger partial charge in [-0.15, -0.1) is 0 Å². The Morgan fingerprint density at radius 1 is 0.870 bits per heavy atom. The Morgan fingerprint density at radius 2 is 1.52 bits per heavy atom. The molecule has 3 heteroatoms. The molecular formula is C20H19NO2. The van der Waals surface area contributed by atoms with Crippen molar-refractivity contribution >= 4 is 0 Å². The average molecular weight is 305 g/mol. The Bertz CT molecular complexity index is 811. The van der Waals surface area contributed by atoms with Crippen LogP contribution in [-0.2, 0) is 0 Å². The second-order valence-corrected chi connectivity index (χ2v) is 5.78. The second kappa shape index (κ2) is 6.13. The smallest absolute Gasteiger partial charge is 0.122 e. The van der Waals surface area contributed by atoms with E-state index >= 15 is 0 Å². The SMILES string of the molecule is Cc1cc(-c2ccc(O)cc2)cc(C(C)c2ccncc2)c1O. The molecule has 0 radical (unpaired) electrons. The zero-order chi connectivity index (χ0) is 16.4. The van der Waals surface area contributed by atoms with Crippen molar-refractivity contribution in [2.45, 2.75) is 19.8 Å². The van der Waals surface area contributed by atoms with Gasteiger partial charge in [0.25, 0.3) is 0 Å². The van der Waals surface area contributed by atoms with E-state index < -0.39 is 0 Å². The van der Waals surface area contributed by atoms with Gasteiger partial charge in [-0.1, -0.05) is 19.1 Å². The molecule has 3 aromatic rings. The highest BCUT2D eigenvalue weighted by atomic mass is 16.3. The van der Waals surface area contributed by atoms with Crippen molar-refractivity contribution in [2.24, 2.45) is 0 Å². The minimum Gasteiger partial charge on any atom is -0.508 e. The van der Waals surface area contributed by atoms with Crippen molar-refractivity contribution in [3.05, 3.63) is 77.6 Å². The Kier molecular flexibility index (Phi) is 4.02. The summed E-state index contributed by atoms with van der Waals surface area (Å²) in [5, 5.41) is 19.9. The maximum absolute atomic E-state index is 10.5. The molecule has 0 amide bonds. The van der Waals surface area contributed by atoms with Crippen LogP contribution in [0.2, 0.25) is 0 Å². The molecule has 0 saturated carbocycles. The van der Waals surface area contributed by atoms with Gasteiger partial charge in [-0.05, 0) is 65.6 Å². The third kappa shape index (κ3) is 3.04. The van der Waals surface area contributed by atoms with Crippen LogP contribution in [0.1, 0.15) is 29.5 Å². The van der Waals surface area contributed by atoms with E-state index in [1.807, 2.05) is 43.3 Å². The lowest BCUT2D eigenvalue weighted by molar-refractivity contribution is 0.462. The normalized spacial score (nSPS) is 12.1. The van der Waals surface area contributed by atoms with Crippen LogP contribution in [0.3, 0.4) is 0 Å². The predicted octanol–water partition coefficient (Wildman–Crippen LogP) is 4.62. The van der Waals surface area contributed by atoms with E-state index in [1.165, 1.54) is 0 Å². The molecule has 1 aromatic heterocycles. The number of hydrogen-bond acceptors (Lipinski definition) is 3. The van der Waals surface area contributed by atoms with Gasteiger partial charge in [-0.3, -0.25) is 4.98 Å². The van der Waals surface area contributed by atoms with Gasteiger partial charge in [0.15, 0.2) is 0 Å². The predicted molar refractivity (Wildman–Crippen MR) is 91.7 cm³/mol. The van der Waals surface area contributed by atoms with E-state index in [-0.39, 0.29) is 11.7 Å². The van der Waals surface area contributed by atoms with Crippen LogP contribution in [0.4, 0.5) is 0 Å². The Balaban J connectivity index is 2.08. The van der Waals surface area contributed by atoms with E-state index in [9.17, 15) is 10.2 Å². The summed E-state index contributed by atoms with van der Waals surface area (Å²) in [7, 11) is 0. The standard InChI is InChI=1S/C20H19NO2/c1-13-11-17(16-3-5-18(22)6-4-16)12-19(20(13)23)14(2)15-7-9-21-10-8-15/h3-12,14,22-23H,1-2H3. The van der Waals surface area contributed by atoms with E-state index in [4.69, 9.17) is 0 Å². The zero-order valence-electron chi connectivity index (χ0n) is 13.2. The quantitative estimate of drug-likeness (QED) is 0.742. The summed E-state index contributed by atoms with van der Waals surface area (Å²) >= 11 is 0. The number of phenols is 2. The van der Waals surface area contributed by atoms with Gasteiger partial charge in [-0.2, -0.15) is 0 Å². The number of aryl methyl sites for hydroxylation is 1. The molecule has 0 saturated heterocycles. The first-order chi connectivity index (χ1) is 11.1. The summed E-state index contributed by atoms with van der Waals surface area (Å²) in [6.45, 7) is 3.98. The maximum Gasteiger partial charge on any atom is 0.122 e. The van der Waals surface area contributed by atoms with Crippen LogP contribution in [0.5, 0.6) is 11.5 Å². The number of hydrogen-bond donors (Lipinski definition) is 2. The lowest BCUT2D eigenvalue weighted by Crippen LogP contribution is -1.99. The monoisotopic (exact) mass is 305 g/mol. The molecule has 2 N–H and O–H groups in total. The molecule has 1 atom stereocenters. The maximum atomic E-state index is 10.5. The summed E-state index contributed by atoms with van der Waals surface area (Å²) in [5.74, 6) is 0.639. The van der Waals surface area contributed by atoms with Crippen LogP contribution < -0.4 is 0 Å². The summed E-state index contributed by atoms with van der Waals surface area (Å²) in [6, 6.07) is 15.0. The molecule has 0 bridgehead atoms. The van der Waals surface area contributed by atoms with Crippen molar-refractivity contribution in [1.82, 2.24) is 4.98 Å². The number of phenolic OH excluding ortho intramolecular Hbond substituents is 2. The lowest BCUT2D eigenvalue weighted by Gasteiger charge is -2.17. The molecular weight excluding hydrogens is 286 g/mol. The average Bonchev–Trinajstić information content (AvgIpc) is 2.58. The highest BCUT2D eigenvalue weighted by molar-refractivity contribution is 5.68. The van der Waals surface area contributed by atoms with Crippen molar-refractivity contribution in [2.75, 3.05) is 0 Å². The van der Waals surface area contributed by atoms with Crippen LogP contribution in [0.25, 0.3) is 11.1 Å². The van der Waals surface area contributed by atoms with E-state index in [0.29, 0.717) is 5.75 Å². The first-order valence-corrected chi connectivity index (χ1v) is 7.59. The van der Waals surface area contributed by atoms with Crippen molar-refractivity contribution in [3.8, 4) is 22.6 Å². The van der Waals surface area contributed by atoms with Crippen LogP contribution in [-0.4, -0.2) is 15.2 Å². The van der Waals surface area contributed by atoms with Gasteiger partial charge in [0, 0.05) is 23.9 Å². The molecule has 0 fully saturated rings. The van der Waals surface area contributed by atoms with Crippen LogP contribution >= 0.6 is 0 Å². The number of nitrogens with zero attached hydrogens (tertiary/aromatic N) is 1. The third-order valence-electron chi connectivity index (χ3n) is 4.20. The molecule has 1 heterocycles. The summed E-state index contributed by atoms with van der Waals surface area (Å²) in [5.41, 5.74) is 4.87. The minimum atomic E-state index is 0.0637. The van der Waals surface area contributed by atoms with Crippen molar-refractivity contribution in [3.63, 3.8) is 0 Å². The van der Waals surface area contributed by atoms with Gasteiger partial charge in [0.05, 0.1) is 0 Å². The molecule has 2 aromatic carbocycles. The van der Waals surface area contributed by atoms with E-state index in [2.05, 4.69) is 11.9 Å². The van der Waals surface area contributed by atoms with Gasteiger partial charge >= 0.3 is 0 Å². The van der Waals surface area contributed by atoms with Gasteiger partial charge in [-0.25, -0.2) is 0 Å². The second-order valence-electron chi connectivity index (χ2n) is 5.78. The van der Waals surface area contributed by atoms with Crippen LogP contribution in [0.15, 0.2) is 60.9 Å². The van der Waals surface area contributed by atoms with Gasteiger partial charge < -0.3 is 10.2 Å². The molecule has 116 valence electrons.